The van der Waals surface area contributed by atoms with E-state index in [-0.39, 0.29) is 29.3 Å². The summed E-state index contributed by atoms with van der Waals surface area (Å²) in [6, 6.07) is 5.53. The van der Waals surface area contributed by atoms with Crippen LogP contribution < -0.4 is 10.6 Å². The molecule has 1 aliphatic heterocycles. The zero-order valence-corrected chi connectivity index (χ0v) is 19.4. The number of amides is 2. The average molecular weight is 465 g/mol. The molecule has 0 spiro atoms. The van der Waals surface area contributed by atoms with Gasteiger partial charge in [-0.05, 0) is 87.0 Å². The molecule has 7 atom stereocenters. The lowest BCUT2D eigenvalue weighted by Crippen LogP contribution is -2.47. The first-order valence-electron chi connectivity index (χ1n) is 13.1. The zero-order valence-electron chi connectivity index (χ0n) is 19.4. The van der Waals surface area contributed by atoms with E-state index in [4.69, 9.17) is 0 Å². The predicted molar refractivity (Wildman–Crippen MR) is 125 cm³/mol. The fourth-order valence-corrected chi connectivity index (χ4v) is 8.13. The summed E-state index contributed by atoms with van der Waals surface area (Å²) in [5.74, 6) is 1.38. The normalized spacial score (nSPS) is 36.0. The number of imidazole rings is 1. The highest BCUT2D eigenvalue weighted by Gasteiger charge is 2.57. The third kappa shape index (κ3) is 3.23. The fourth-order valence-electron chi connectivity index (χ4n) is 8.13. The highest BCUT2D eigenvalue weighted by molar-refractivity contribution is 5.75. The predicted octanol–water partition coefficient (Wildman–Crippen LogP) is 4.39. The lowest BCUT2D eigenvalue weighted by atomic mass is 9.65. The van der Waals surface area contributed by atoms with Crippen LogP contribution >= 0.6 is 0 Å². The first-order valence-corrected chi connectivity index (χ1v) is 13.1. The number of carbonyl (C=O) groups excluding carboxylic acids is 1. The molecule has 0 radical (unpaired) electrons. The van der Waals surface area contributed by atoms with Crippen LogP contribution in [0.5, 0.6) is 0 Å². The molecule has 3 N–H and O–H groups in total. The number of aliphatic hydroxyl groups is 1. The first-order chi connectivity index (χ1) is 16.5. The summed E-state index contributed by atoms with van der Waals surface area (Å²) in [6.07, 6.45) is 12.1. The minimum absolute atomic E-state index is 0.0194. The number of benzene rings is 1. The Hall–Kier alpha value is -2.41. The Morgan fingerprint density at radius 3 is 2.94 bits per heavy atom. The van der Waals surface area contributed by atoms with Gasteiger partial charge in [0.05, 0.1) is 30.4 Å². The lowest BCUT2D eigenvalue weighted by Gasteiger charge is -2.42. The summed E-state index contributed by atoms with van der Waals surface area (Å²) in [6.45, 7) is 0. The van der Waals surface area contributed by atoms with Gasteiger partial charge in [-0.25, -0.2) is 14.2 Å². The molecule has 2 heterocycles. The number of aliphatic hydroxyl groups excluding tert-OH is 1. The topological polar surface area (TPSA) is 79.2 Å². The molecule has 5 aliphatic rings. The van der Waals surface area contributed by atoms with Gasteiger partial charge in [-0.2, -0.15) is 0 Å². The second kappa shape index (κ2) is 7.54. The number of urea groups is 1. The molecular formula is C27H33FN4O2. The number of carbonyl (C=O) groups is 1. The van der Waals surface area contributed by atoms with Gasteiger partial charge in [0.1, 0.15) is 5.82 Å². The van der Waals surface area contributed by atoms with Gasteiger partial charge < -0.3 is 20.3 Å². The number of fused-ring (bicyclic) bond motifs is 5. The van der Waals surface area contributed by atoms with Crippen LogP contribution in [0.3, 0.4) is 0 Å². The quantitative estimate of drug-likeness (QED) is 0.614. The standard InChI is InChI=1S/C27H33FN4O2/c28-20-3-1-2-18-23-13-29-14-32(23)22(25(18)20)9-24(33)27-10-15-4-7-21(19(12-27)16(8-15)11-27)31-26(34)30-17-5-6-17/h1-3,13-17,19,21-22,24,33H,4-12H2,(H2,30,31,34)/t15?,16?,19-,21?,22?,24?,27?/m0/s1. The van der Waals surface area contributed by atoms with Crippen LogP contribution in [0.4, 0.5) is 9.18 Å². The van der Waals surface area contributed by atoms with E-state index >= 15 is 0 Å². The van der Waals surface area contributed by atoms with Crippen molar-refractivity contribution in [3.8, 4) is 11.3 Å². The average Bonchev–Trinajstić information content (AvgIpc) is 3.31. The van der Waals surface area contributed by atoms with E-state index in [9.17, 15) is 14.3 Å². The monoisotopic (exact) mass is 464 g/mol. The highest BCUT2D eigenvalue weighted by Crippen LogP contribution is 2.62. The van der Waals surface area contributed by atoms with Crippen LogP contribution in [0.15, 0.2) is 30.7 Å². The van der Waals surface area contributed by atoms with E-state index in [0.717, 1.165) is 56.2 Å². The molecule has 34 heavy (non-hydrogen) atoms. The van der Waals surface area contributed by atoms with Crippen LogP contribution in [0.2, 0.25) is 0 Å². The van der Waals surface area contributed by atoms with Crippen LogP contribution in [-0.4, -0.2) is 38.9 Å². The maximum atomic E-state index is 15.0. The van der Waals surface area contributed by atoms with Crippen molar-refractivity contribution in [2.45, 2.75) is 82.0 Å². The van der Waals surface area contributed by atoms with Gasteiger partial charge in [0.25, 0.3) is 0 Å². The zero-order chi connectivity index (χ0) is 23.0. The van der Waals surface area contributed by atoms with Crippen molar-refractivity contribution in [1.29, 1.82) is 0 Å². The molecule has 4 fully saturated rings. The van der Waals surface area contributed by atoms with E-state index in [1.54, 1.807) is 18.6 Å². The van der Waals surface area contributed by atoms with Gasteiger partial charge in [0.2, 0.25) is 0 Å². The Kier molecular flexibility index (Phi) is 4.64. The Morgan fingerprint density at radius 2 is 2.09 bits per heavy atom. The van der Waals surface area contributed by atoms with Gasteiger partial charge in [-0.1, -0.05) is 12.1 Å². The smallest absolute Gasteiger partial charge is 0.315 e. The van der Waals surface area contributed by atoms with Crippen molar-refractivity contribution >= 4 is 6.03 Å². The molecule has 1 aromatic heterocycles. The summed E-state index contributed by atoms with van der Waals surface area (Å²) in [5.41, 5.74) is 2.38. The van der Waals surface area contributed by atoms with Gasteiger partial charge in [0, 0.05) is 23.2 Å². The van der Waals surface area contributed by atoms with E-state index < -0.39 is 6.10 Å². The molecule has 6 nitrogen and oxygen atoms in total. The van der Waals surface area contributed by atoms with Crippen molar-refractivity contribution in [1.82, 2.24) is 20.2 Å². The second-order valence-electron chi connectivity index (χ2n) is 11.7. The molecule has 7 heteroatoms. The third-order valence-corrected chi connectivity index (χ3v) is 9.70. The number of hydrogen-bond donors (Lipinski definition) is 3. The third-order valence-electron chi connectivity index (χ3n) is 9.70. The molecule has 4 aliphatic carbocycles. The summed E-state index contributed by atoms with van der Waals surface area (Å²) in [5, 5.41) is 18.2. The van der Waals surface area contributed by atoms with E-state index in [0.29, 0.717) is 35.8 Å². The minimum Gasteiger partial charge on any atom is -0.392 e. The van der Waals surface area contributed by atoms with Crippen LogP contribution in [0.1, 0.15) is 69.4 Å². The summed E-state index contributed by atoms with van der Waals surface area (Å²) in [4.78, 5) is 16.8. The summed E-state index contributed by atoms with van der Waals surface area (Å²) in [7, 11) is 0. The number of hydrogen-bond acceptors (Lipinski definition) is 3. The molecule has 6 unspecified atom stereocenters. The molecule has 180 valence electrons. The Balaban J connectivity index is 1.14. The van der Waals surface area contributed by atoms with Crippen LogP contribution in [0.25, 0.3) is 11.3 Å². The van der Waals surface area contributed by atoms with E-state index in [1.165, 1.54) is 12.5 Å². The van der Waals surface area contributed by atoms with E-state index in [2.05, 4.69) is 15.6 Å². The number of halogens is 1. The van der Waals surface area contributed by atoms with Crippen LogP contribution in [0, 0.1) is 29.0 Å². The molecule has 7 rings (SSSR count). The van der Waals surface area contributed by atoms with Crippen molar-refractivity contribution < 1.29 is 14.3 Å². The SMILES string of the molecule is O=C(NC1CC1)NC1CCC2CC3CC(C(O)CC4c5c(F)cccc5-c5cncn54)(C2)C[C@@H]31. The summed E-state index contributed by atoms with van der Waals surface area (Å²) < 4.78 is 17.0. The maximum absolute atomic E-state index is 15.0. The van der Waals surface area contributed by atoms with E-state index in [1.807, 2.05) is 10.6 Å². The maximum Gasteiger partial charge on any atom is 0.315 e. The number of nitrogens with one attached hydrogen (secondary N) is 2. The molecule has 2 aromatic rings. The number of nitrogens with zero attached hydrogens (tertiary/aromatic N) is 2. The minimum atomic E-state index is -0.507. The molecule has 1 aromatic carbocycles. The Labute approximate surface area is 199 Å². The first kappa shape index (κ1) is 20.9. The fraction of sp³-hybridized carbons (Fsp3) is 0.630. The van der Waals surface area contributed by atoms with Gasteiger partial charge in [0.15, 0.2) is 0 Å². The lowest BCUT2D eigenvalue weighted by molar-refractivity contribution is -0.0222. The van der Waals surface area contributed by atoms with Crippen molar-refractivity contribution in [2.75, 3.05) is 0 Å². The van der Waals surface area contributed by atoms with Crippen molar-refractivity contribution in [3.63, 3.8) is 0 Å². The Morgan fingerprint density at radius 1 is 1.21 bits per heavy atom. The number of aromatic nitrogens is 2. The summed E-state index contributed by atoms with van der Waals surface area (Å²) >= 11 is 0. The number of rotatable bonds is 5. The Bertz CT molecular complexity index is 1130. The highest BCUT2D eigenvalue weighted by atomic mass is 19.1. The molecule has 2 amide bonds. The van der Waals surface area contributed by atoms with Crippen LogP contribution in [-0.2, 0) is 0 Å². The molecule has 3 bridgehead atoms. The van der Waals surface area contributed by atoms with Gasteiger partial charge in [-0.15, -0.1) is 0 Å². The van der Waals surface area contributed by atoms with Gasteiger partial charge >= 0.3 is 6.03 Å². The molecule has 4 saturated carbocycles. The van der Waals surface area contributed by atoms with Crippen molar-refractivity contribution in [2.24, 2.45) is 23.2 Å². The largest absolute Gasteiger partial charge is 0.392 e. The molecule has 0 saturated heterocycles. The van der Waals surface area contributed by atoms with Gasteiger partial charge in [-0.3, -0.25) is 0 Å². The second-order valence-corrected chi connectivity index (χ2v) is 11.7. The molecular weight excluding hydrogens is 431 g/mol. The van der Waals surface area contributed by atoms with Crippen molar-refractivity contribution in [3.05, 3.63) is 42.1 Å².